The summed E-state index contributed by atoms with van der Waals surface area (Å²) in [5.74, 6) is -1.36. The average molecular weight is 465 g/mol. The number of benzene rings is 4. The van der Waals surface area contributed by atoms with Crippen molar-refractivity contribution in [1.29, 1.82) is 0 Å². The number of nitrogens with one attached hydrogen (secondary N) is 1. The molecule has 0 aromatic heterocycles. The molecule has 0 aliphatic carbocycles. The highest BCUT2D eigenvalue weighted by Gasteiger charge is 2.60. The van der Waals surface area contributed by atoms with Crippen molar-refractivity contribution in [2.45, 2.75) is 25.0 Å². The second-order valence-corrected chi connectivity index (χ2v) is 8.64. The number of ether oxygens (including phenoxy) is 1. The third-order valence-corrected chi connectivity index (χ3v) is 6.36. The highest BCUT2D eigenvalue weighted by molar-refractivity contribution is 6.20. The Morgan fingerprint density at radius 3 is 2.20 bits per heavy atom. The molecule has 6 nitrogen and oxygen atoms in total. The van der Waals surface area contributed by atoms with E-state index < -0.39 is 29.6 Å². The van der Waals surface area contributed by atoms with Gasteiger partial charge in [0, 0.05) is 12.1 Å². The molecule has 6 heteroatoms. The van der Waals surface area contributed by atoms with Crippen molar-refractivity contribution in [2.24, 2.45) is 0 Å². The molecular weight excluding hydrogens is 440 g/mol. The number of nitrogens with zero attached hydrogens (tertiary/aromatic N) is 1. The van der Waals surface area contributed by atoms with Crippen molar-refractivity contribution in [3.63, 3.8) is 0 Å². The van der Waals surface area contributed by atoms with Crippen molar-refractivity contribution in [3.05, 3.63) is 114 Å². The number of hydrogen-bond acceptors (Lipinski definition) is 4. The van der Waals surface area contributed by atoms with Gasteiger partial charge in [-0.1, -0.05) is 91.0 Å². The number of imide groups is 1. The molecule has 1 N–H and O–H groups in total. The second kappa shape index (κ2) is 9.06. The van der Waals surface area contributed by atoms with Crippen LogP contribution in [0, 0.1) is 0 Å². The molecule has 1 saturated heterocycles. The predicted octanol–water partition coefficient (Wildman–Crippen LogP) is 5.50. The van der Waals surface area contributed by atoms with E-state index in [1.807, 2.05) is 84.9 Å². The minimum atomic E-state index is -2.02. The number of carbonyl (C=O) groups excluding carboxylic acids is 3. The molecule has 1 fully saturated rings. The van der Waals surface area contributed by atoms with Crippen LogP contribution in [0.25, 0.3) is 10.8 Å². The van der Waals surface area contributed by atoms with Gasteiger partial charge in [-0.25, -0.2) is 9.69 Å². The topological polar surface area (TPSA) is 75.7 Å². The van der Waals surface area contributed by atoms with Crippen LogP contribution in [0.5, 0.6) is 0 Å². The number of carbonyl (C=O) groups is 3. The smallest absolute Gasteiger partial charge is 0.418 e. The Morgan fingerprint density at radius 2 is 1.49 bits per heavy atom. The van der Waals surface area contributed by atoms with E-state index in [1.165, 1.54) is 0 Å². The largest absolute Gasteiger partial charge is 0.422 e. The van der Waals surface area contributed by atoms with Crippen LogP contribution >= 0.6 is 0 Å². The molecular formula is C29H24N2O4. The highest BCUT2D eigenvalue weighted by Crippen LogP contribution is 2.36. The number of fused-ring (bicyclic) bond motifs is 1. The quantitative estimate of drug-likeness (QED) is 0.382. The Kier molecular flexibility index (Phi) is 5.79. The standard InChI is InChI=1S/C29H24N2O4/c1-20(22-12-6-3-7-13-22)31-27(33)29(35-28(31)34,19-21-10-4-2-5-11-21)26(32)30-25-17-16-23-14-8-9-15-24(23)18-25/h2-18,20H,19H2,1H3,(H,30,32)/t20-,29-/m1/s1. The molecule has 3 amide bonds. The number of cyclic esters (lactones) is 1. The van der Waals surface area contributed by atoms with Gasteiger partial charge in [0.2, 0.25) is 0 Å². The summed E-state index contributed by atoms with van der Waals surface area (Å²) in [4.78, 5) is 41.6. The molecule has 4 aromatic carbocycles. The van der Waals surface area contributed by atoms with Crippen LogP contribution in [0.15, 0.2) is 103 Å². The maximum absolute atomic E-state index is 13.8. The van der Waals surface area contributed by atoms with Gasteiger partial charge in [0.1, 0.15) is 0 Å². The van der Waals surface area contributed by atoms with E-state index in [0.29, 0.717) is 11.3 Å². The van der Waals surface area contributed by atoms with E-state index in [0.717, 1.165) is 21.2 Å². The van der Waals surface area contributed by atoms with Crippen LogP contribution in [0.1, 0.15) is 24.1 Å². The normalized spacial score (nSPS) is 18.4. The first-order valence-electron chi connectivity index (χ1n) is 11.4. The fourth-order valence-corrected chi connectivity index (χ4v) is 4.45. The molecule has 1 aliphatic rings. The summed E-state index contributed by atoms with van der Waals surface area (Å²) in [6.07, 6.45) is -0.911. The van der Waals surface area contributed by atoms with Crippen LogP contribution in [-0.2, 0) is 20.7 Å². The lowest BCUT2D eigenvalue weighted by Crippen LogP contribution is -2.52. The minimum absolute atomic E-state index is 0.0736. The zero-order valence-corrected chi connectivity index (χ0v) is 19.2. The van der Waals surface area contributed by atoms with Crippen LogP contribution in [0.2, 0.25) is 0 Å². The molecule has 5 rings (SSSR count). The van der Waals surface area contributed by atoms with Crippen molar-refractivity contribution < 1.29 is 19.1 Å². The van der Waals surface area contributed by atoms with Gasteiger partial charge in [0.15, 0.2) is 0 Å². The van der Waals surface area contributed by atoms with Gasteiger partial charge in [0.25, 0.3) is 17.4 Å². The summed E-state index contributed by atoms with van der Waals surface area (Å²) in [6.45, 7) is 1.74. The lowest BCUT2D eigenvalue weighted by atomic mass is 9.91. The first-order valence-corrected chi connectivity index (χ1v) is 11.4. The fourth-order valence-electron chi connectivity index (χ4n) is 4.45. The predicted molar refractivity (Wildman–Crippen MR) is 134 cm³/mol. The third-order valence-electron chi connectivity index (χ3n) is 6.36. The Bertz CT molecular complexity index is 1400. The zero-order chi connectivity index (χ0) is 24.4. The third kappa shape index (κ3) is 4.15. The number of anilines is 1. The summed E-state index contributed by atoms with van der Waals surface area (Å²) < 4.78 is 5.67. The molecule has 1 aliphatic heterocycles. The van der Waals surface area contributed by atoms with Crippen molar-refractivity contribution in [3.8, 4) is 0 Å². The maximum atomic E-state index is 13.8. The van der Waals surface area contributed by atoms with Gasteiger partial charge in [0.05, 0.1) is 6.04 Å². The summed E-state index contributed by atoms with van der Waals surface area (Å²) in [5, 5.41) is 4.79. The Balaban J connectivity index is 1.51. The van der Waals surface area contributed by atoms with Gasteiger partial charge in [-0.05, 0) is 41.0 Å². The van der Waals surface area contributed by atoms with Gasteiger partial charge in [-0.3, -0.25) is 9.59 Å². The lowest BCUT2D eigenvalue weighted by molar-refractivity contribution is -0.147. The van der Waals surface area contributed by atoms with E-state index in [-0.39, 0.29) is 6.42 Å². The van der Waals surface area contributed by atoms with E-state index in [9.17, 15) is 14.4 Å². The Labute approximate surface area is 203 Å². The molecule has 0 radical (unpaired) electrons. The number of rotatable bonds is 6. The van der Waals surface area contributed by atoms with Crippen LogP contribution < -0.4 is 5.32 Å². The molecule has 35 heavy (non-hydrogen) atoms. The van der Waals surface area contributed by atoms with Gasteiger partial charge < -0.3 is 10.1 Å². The first-order chi connectivity index (χ1) is 17.0. The fraction of sp³-hybridized carbons (Fsp3) is 0.138. The van der Waals surface area contributed by atoms with E-state index in [2.05, 4.69) is 5.32 Å². The second-order valence-electron chi connectivity index (χ2n) is 8.64. The minimum Gasteiger partial charge on any atom is -0.422 e. The molecule has 0 bridgehead atoms. The van der Waals surface area contributed by atoms with E-state index in [1.54, 1.807) is 25.1 Å². The molecule has 0 spiro atoms. The molecule has 0 saturated carbocycles. The van der Waals surface area contributed by atoms with Crippen molar-refractivity contribution >= 4 is 34.4 Å². The van der Waals surface area contributed by atoms with Crippen LogP contribution in [0.4, 0.5) is 10.5 Å². The van der Waals surface area contributed by atoms with Gasteiger partial charge >= 0.3 is 6.09 Å². The molecule has 0 unspecified atom stereocenters. The van der Waals surface area contributed by atoms with E-state index >= 15 is 0 Å². The molecule has 1 heterocycles. The lowest BCUT2D eigenvalue weighted by Gasteiger charge is -2.25. The molecule has 4 aromatic rings. The number of amides is 3. The van der Waals surface area contributed by atoms with Crippen LogP contribution in [0.3, 0.4) is 0 Å². The number of hydrogen-bond donors (Lipinski definition) is 1. The highest BCUT2D eigenvalue weighted by atomic mass is 16.6. The summed E-state index contributed by atoms with van der Waals surface area (Å²) in [5.41, 5.74) is -0.0352. The first kappa shape index (κ1) is 22.3. The maximum Gasteiger partial charge on any atom is 0.418 e. The summed E-state index contributed by atoms with van der Waals surface area (Å²) >= 11 is 0. The summed E-state index contributed by atoms with van der Waals surface area (Å²) in [6, 6.07) is 30.9. The van der Waals surface area contributed by atoms with E-state index in [4.69, 9.17) is 4.74 Å². The SMILES string of the molecule is C[C@H](c1ccccc1)N1C(=O)O[C@](Cc2ccccc2)(C(=O)Nc2ccc3ccccc3c2)C1=O. The Hall–Kier alpha value is -4.45. The summed E-state index contributed by atoms with van der Waals surface area (Å²) in [7, 11) is 0. The van der Waals surface area contributed by atoms with Gasteiger partial charge in [-0.15, -0.1) is 0 Å². The monoisotopic (exact) mass is 464 g/mol. The van der Waals surface area contributed by atoms with Crippen molar-refractivity contribution in [1.82, 2.24) is 4.90 Å². The average Bonchev–Trinajstić information content (AvgIpc) is 3.14. The molecule has 2 atom stereocenters. The van der Waals surface area contributed by atoms with Crippen molar-refractivity contribution in [2.75, 3.05) is 5.32 Å². The van der Waals surface area contributed by atoms with Gasteiger partial charge in [-0.2, -0.15) is 0 Å². The Morgan fingerprint density at radius 1 is 0.857 bits per heavy atom. The zero-order valence-electron chi connectivity index (χ0n) is 19.2. The van der Waals surface area contributed by atoms with Crippen LogP contribution in [-0.4, -0.2) is 28.4 Å². The molecule has 174 valence electrons.